The van der Waals surface area contributed by atoms with Crippen molar-refractivity contribution in [3.63, 3.8) is 0 Å². The molecule has 0 N–H and O–H groups in total. The van der Waals surface area contributed by atoms with E-state index in [1.165, 1.54) is 44.1 Å². The van der Waals surface area contributed by atoms with Crippen LogP contribution < -0.4 is 4.90 Å². The first-order chi connectivity index (χ1) is 32.9. The van der Waals surface area contributed by atoms with Gasteiger partial charge < -0.3 is 9.47 Å². The molecule has 0 saturated heterocycles. The molecule has 0 atom stereocenters. The number of hydrogen-bond acceptors (Lipinski definition) is 3. The van der Waals surface area contributed by atoms with E-state index in [1.807, 2.05) is 0 Å². The highest BCUT2D eigenvalue weighted by Crippen LogP contribution is 2.41. The van der Waals surface area contributed by atoms with E-state index in [1.54, 1.807) is 0 Å². The summed E-state index contributed by atoms with van der Waals surface area (Å²) in [4.78, 5) is 12.5. The van der Waals surface area contributed by atoms with E-state index in [-0.39, 0.29) is 0 Å². The molecule has 318 valence electrons. The van der Waals surface area contributed by atoms with E-state index in [2.05, 4.69) is 248 Å². The third kappa shape index (κ3) is 7.11. The highest BCUT2D eigenvalue weighted by molar-refractivity contribution is 6.12. The average molecular weight is 859 g/mol. The smallest absolute Gasteiger partial charge is 0.0974 e. The van der Waals surface area contributed by atoms with Crippen molar-refractivity contribution in [3.05, 3.63) is 248 Å². The van der Waals surface area contributed by atoms with Gasteiger partial charge in [0.05, 0.1) is 22.1 Å². The average Bonchev–Trinajstić information content (AvgIpc) is 3.74. The summed E-state index contributed by atoms with van der Waals surface area (Å²) in [5, 5.41) is 4.73. The predicted molar refractivity (Wildman–Crippen MR) is 282 cm³/mol. The van der Waals surface area contributed by atoms with Crippen molar-refractivity contribution in [2.24, 2.45) is 0 Å². The number of hydrogen-bond donors (Lipinski definition) is 0. The SMILES string of the molecule is C=C1/C=C\C=C/Cc2cc(-c3cccc(-c4cc(C)nc5c4ccc4c(-c6ccccc6)cc(C)nc45)c3)ccc2N1c1ccc(-c2ccc(-n3c4ccccc4c4ccccc43)cc2)cc1. The molecule has 67 heavy (non-hydrogen) atoms. The van der Waals surface area contributed by atoms with Gasteiger partial charge in [-0.05, 0) is 143 Å². The summed E-state index contributed by atoms with van der Waals surface area (Å²) in [6.45, 7) is 8.72. The molecular formula is C63H46N4. The number of pyridine rings is 2. The van der Waals surface area contributed by atoms with Gasteiger partial charge in [-0.15, -0.1) is 0 Å². The Morgan fingerprint density at radius 1 is 0.433 bits per heavy atom. The van der Waals surface area contributed by atoms with Crippen molar-refractivity contribution in [2.75, 3.05) is 4.90 Å². The zero-order chi connectivity index (χ0) is 45.0. The van der Waals surface area contributed by atoms with Crippen LogP contribution in [0.25, 0.3) is 93.8 Å². The Morgan fingerprint density at radius 3 is 1.63 bits per heavy atom. The van der Waals surface area contributed by atoms with E-state index >= 15 is 0 Å². The first-order valence-electron chi connectivity index (χ1n) is 23.0. The van der Waals surface area contributed by atoms with Crippen molar-refractivity contribution in [1.82, 2.24) is 14.5 Å². The molecule has 0 unspecified atom stereocenters. The highest BCUT2D eigenvalue weighted by Gasteiger charge is 2.19. The van der Waals surface area contributed by atoms with E-state index in [4.69, 9.17) is 9.97 Å². The fourth-order valence-corrected chi connectivity index (χ4v) is 10.1. The molecule has 0 fully saturated rings. The minimum Gasteiger partial charge on any atom is -0.311 e. The topological polar surface area (TPSA) is 34.0 Å². The van der Waals surface area contributed by atoms with Gasteiger partial charge in [0, 0.05) is 55.7 Å². The van der Waals surface area contributed by atoms with E-state index in [0.29, 0.717) is 0 Å². The zero-order valence-electron chi connectivity index (χ0n) is 37.5. The molecule has 0 radical (unpaired) electrons. The number of aromatic nitrogens is 3. The van der Waals surface area contributed by atoms with Crippen LogP contribution in [0.1, 0.15) is 17.0 Å². The molecule has 12 rings (SSSR count). The summed E-state index contributed by atoms with van der Waals surface area (Å²) in [6.07, 6.45) is 9.31. The Bertz CT molecular complexity index is 3740. The quantitative estimate of drug-likeness (QED) is 0.156. The van der Waals surface area contributed by atoms with Gasteiger partial charge in [0.1, 0.15) is 0 Å². The van der Waals surface area contributed by atoms with Gasteiger partial charge in [0.2, 0.25) is 0 Å². The lowest BCUT2D eigenvalue weighted by Crippen LogP contribution is -2.16. The van der Waals surface area contributed by atoms with Gasteiger partial charge in [-0.3, -0.25) is 9.97 Å². The second kappa shape index (κ2) is 16.4. The van der Waals surface area contributed by atoms with Crippen LogP contribution in [0.4, 0.5) is 11.4 Å². The molecule has 0 saturated carbocycles. The summed E-state index contributed by atoms with van der Waals surface area (Å²) in [5.41, 5.74) is 21.0. The summed E-state index contributed by atoms with van der Waals surface area (Å²) in [6, 6.07) is 70.2. The molecule has 0 spiro atoms. The van der Waals surface area contributed by atoms with Gasteiger partial charge in [-0.2, -0.15) is 0 Å². The molecule has 4 heterocycles. The fourth-order valence-electron chi connectivity index (χ4n) is 10.1. The molecule has 4 heteroatoms. The third-order valence-electron chi connectivity index (χ3n) is 13.3. The predicted octanol–water partition coefficient (Wildman–Crippen LogP) is 16.5. The Labute approximate surface area is 390 Å². The second-order valence-corrected chi connectivity index (χ2v) is 17.6. The lowest BCUT2D eigenvalue weighted by atomic mass is 9.93. The summed E-state index contributed by atoms with van der Waals surface area (Å²) < 4.78 is 2.36. The van der Waals surface area contributed by atoms with Gasteiger partial charge >= 0.3 is 0 Å². The zero-order valence-corrected chi connectivity index (χ0v) is 37.5. The molecule has 4 nitrogen and oxygen atoms in total. The monoisotopic (exact) mass is 858 g/mol. The maximum absolute atomic E-state index is 5.12. The molecule has 11 aromatic rings. The molecule has 3 aromatic heterocycles. The number of fused-ring (bicyclic) bond motifs is 7. The van der Waals surface area contributed by atoms with Crippen molar-refractivity contribution in [1.29, 1.82) is 0 Å². The summed E-state index contributed by atoms with van der Waals surface area (Å²) >= 11 is 0. The van der Waals surface area contributed by atoms with Crippen molar-refractivity contribution >= 4 is 55.0 Å². The van der Waals surface area contributed by atoms with Gasteiger partial charge in [-0.1, -0.05) is 152 Å². The Hall–Kier alpha value is -8.60. The van der Waals surface area contributed by atoms with Gasteiger partial charge in [0.25, 0.3) is 0 Å². The number of para-hydroxylation sites is 2. The minimum absolute atomic E-state index is 0.784. The van der Waals surface area contributed by atoms with Gasteiger partial charge in [-0.25, -0.2) is 0 Å². The molecule has 1 aliphatic heterocycles. The molecular weight excluding hydrogens is 813 g/mol. The number of aryl methyl sites for hydroxylation is 2. The lowest BCUT2D eigenvalue weighted by molar-refractivity contribution is 1.17. The van der Waals surface area contributed by atoms with Crippen molar-refractivity contribution in [2.45, 2.75) is 20.3 Å². The maximum atomic E-state index is 5.12. The van der Waals surface area contributed by atoms with Crippen molar-refractivity contribution in [3.8, 4) is 50.2 Å². The van der Waals surface area contributed by atoms with Crippen LogP contribution in [0.15, 0.2) is 231 Å². The standard InChI is InChI=1S/C63H46N4/c1-41-37-57(46-16-7-5-8-17-46)55-34-35-56-58(38-42(2)65-63(56)62(55)64-41)49-20-14-19-47(39-49)48-29-36-59-50(40-48)18-9-4-6-15-43(3)66(59)51-30-25-44(26-31-51)45-27-32-52(33-28-45)67-60-23-12-10-21-53(60)54-22-11-13-24-61(54)67/h4-17,19-40H,3,18H2,1-2H3/b9-4-,15-6-. The first-order valence-corrected chi connectivity index (χ1v) is 23.0. The molecule has 0 bridgehead atoms. The van der Waals surface area contributed by atoms with Crippen molar-refractivity contribution < 1.29 is 0 Å². The highest BCUT2D eigenvalue weighted by atomic mass is 15.1. The normalized spacial score (nSPS) is 13.7. The number of allylic oxidation sites excluding steroid dienone is 4. The molecule has 0 aliphatic carbocycles. The van der Waals surface area contributed by atoms with Crippen LogP contribution in [0, 0.1) is 13.8 Å². The molecule has 1 aliphatic rings. The van der Waals surface area contributed by atoms with E-state index < -0.39 is 0 Å². The lowest BCUT2D eigenvalue weighted by Gasteiger charge is -2.28. The molecule has 0 amide bonds. The van der Waals surface area contributed by atoms with E-state index in [9.17, 15) is 0 Å². The largest absolute Gasteiger partial charge is 0.311 e. The number of benzene rings is 8. The summed E-state index contributed by atoms with van der Waals surface area (Å²) in [7, 11) is 0. The van der Waals surface area contributed by atoms with Crippen LogP contribution in [0.2, 0.25) is 0 Å². The number of nitrogens with zero attached hydrogens (tertiary/aromatic N) is 4. The minimum atomic E-state index is 0.784. The van der Waals surface area contributed by atoms with Crippen LogP contribution in [-0.4, -0.2) is 14.5 Å². The van der Waals surface area contributed by atoms with Crippen LogP contribution in [0.5, 0.6) is 0 Å². The molecule has 8 aromatic carbocycles. The Morgan fingerprint density at radius 2 is 0.970 bits per heavy atom. The van der Waals surface area contributed by atoms with Gasteiger partial charge in [0.15, 0.2) is 0 Å². The number of rotatable bonds is 6. The number of anilines is 2. The van der Waals surface area contributed by atoms with Crippen LogP contribution in [-0.2, 0) is 6.42 Å². The summed E-state index contributed by atoms with van der Waals surface area (Å²) in [5.74, 6) is 0. The van der Waals surface area contributed by atoms with Crippen LogP contribution in [0.3, 0.4) is 0 Å². The first kappa shape index (κ1) is 40.0. The fraction of sp³-hybridized carbons (Fsp3) is 0.0476. The van der Waals surface area contributed by atoms with Crippen LogP contribution >= 0.6 is 0 Å². The van der Waals surface area contributed by atoms with E-state index in [0.717, 1.165) is 90.2 Å². The third-order valence-corrected chi connectivity index (χ3v) is 13.3. The Balaban J connectivity index is 0.871. The second-order valence-electron chi connectivity index (χ2n) is 17.6. The Kier molecular flexibility index (Phi) is 9.80. The maximum Gasteiger partial charge on any atom is 0.0974 e.